The van der Waals surface area contributed by atoms with E-state index in [1.54, 1.807) is 6.07 Å². The zero-order valence-electron chi connectivity index (χ0n) is 33.3. The number of nitrogens with two attached hydrogens (primary N) is 1. The number of rotatable bonds is 2. The van der Waals surface area contributed by atoms with Gasteiger partial charge in [0.1, 0.15) is 12.4 Å². The number of aromatic nitrogens is 1. The Morgan fingerprint density at radius 2 is 1.77 bits per heavy atom. The van der Waals surface area contributed by atoms with E-state index in [9.17, 15) is 10.2 Å². The predicted molar refractivity (Wildman–Crippen MR) is 224 cm³/mol. The van der Waals surface area contributed by atoms with Crippen molar-refractivity contribution in [1.82, 2.24) is 9.88 Å². The van der Waals surface area contributed by atoms with Crippen LogP contribution in [0.15, 0.2) is 90.3 Å². The fourth-order valence-electron chi connectivity index (χ4n) is 10.2. The van der Waals surface area contributed by atoms with Gasteiger partial charge in [-0.1, -0.05) is 80.5 Å². The molecule has 8 nitrogen and oxygen atoms in total. The number of fused-ring (bicyclic) bond motifs is 6. The van der Waals surface area contributed by atoms with Crippen molar-refractivity contribution in [3.05, 3.63) is 113 Å². The van der Waals surface area contributed by atoms with Gasteiger partial charge in [0.2, 0.25) is 0 Å². The lowest BCUT2D eigenvalue weighted by atomic mass is 9.62. The van der Waals surface area contributed by atoms with Crippen LogP contribution < -0.4 is 15.8 Å². The lowest BCUT2D eigenvalue weighted by Crippen LogP contribution is -2.49. The van der Waals surface area contributed by atoms with Gasteiger partial charge in [-0.15, -0.1) is 0 Å². The first-order chi connectivity index (χ1) is 27.8. The van der Waals surface area contributed by atoms with Gasteiger partial charge in [-0.3, -0.25) is 0 Å². The molecule has 8 heteroatoms. The van der Waals surface area contributed by atoms with E-state index in [4.69, 9.17) is 19.9 Å². The van der Waals surface area contributed by atoms with Crippen LogP contribution in [0.3, 0.4) is 0 Å². The molecule has 1 spiro atoms. The maximum absolute atomic E-state index is 11.3. The molecule has 5 N–H and O–H groups in total. The molecule has 5 heterocycles. The summed E-state index contributed by atoms with van der Waals surface area (Å²) in [5.41, 5.74) is 12.8. The Bertz CT molecular complexity index is 2220. The minimum atomic E-state index is -0.537. The Morgan fingerprint density at radius 3 is 2.63 bits per heavy atom. The zero-order chi connectivity index (χ0) is 39.0. The van der Waals surface area contributed by atoms with Crippen LogP contribution in [0.4, 0.5) is 0 Å². The van der Waals surface area contributed by atoms with Crippen LogP contribution in [-0.2, 0) is 27.9 Å². The van der Waals surface area contributed by atoms with Gasteiger partial charge in [0.05, 0.1) is 30.6 Å². The van der Waals surface area contributed by atoms with Crippen molar-refractivity contribution < 1.29 is 24.4 Å². The summed E-state index contributed by atoms with van der Waals surface area (Å²) >= 11 is 0. The van der Waals surface area contributed by atoms with Crippen molar-refractivity contribution in [1.29, 1.82) is 0 Å². The molecule has 3 aromatic carbocycles. The van der Waals surface area contributed by atoms with Crippen molar-refractivity contribution in [2.45, 2.75) is 126 Å². The Morgan fingerprint density at radius 1 is 0.912 bits per heavy atom. The number of aliphatic hydroxyl groups excluding tert-OH is 1. The molecule has 1 saturated carbocycles. The van der Waals surface area contributed by atoms with Crippen molar-refractivity contribution in [3.8, 4) is 23.3 Å². The molecule has 4 aliphatic heterocycles. The van der Waals surface area contributed by atoms with Gasteiger partial charge in [0.15, 0.2) is 11.5 Å². The third kappa shape index (κ3) is 7.88. The van der Waals surface area contributed by atoms with Crippen LogP contribution in [0.25, 0.3) is 16.6 Å². The summed E-state index contributed by atoms with van der Waals surface area (Å²) in [6.45, 7) is 3.50. The number of aliphatic hydroxyl groups is 1. The second kappa shape index (κ2) is 16.0. The van der Waals surface area contributed by atoms with E-state index in [0.717, 1.165) is 83.8 Å². The maximum Gasteiger partial charge on any atom is 0.161 e. The highest BCUT2D eigenvalue weighted by atomic mass is 16.5. The minimum absolute atomic E-state index is 0.104. The summed E-state index contributed by atoms with van der Waals surface area (Å²) in [5.74, 6) is 8.63. The predicted octanol–water partition coefficient (Wildman–Crippen LogP) is 8.61. The molecule has 5 unspecified atom stereocenters. The number of phenols is 1. The van der Waals surface area contributed by atoms with E-state index in [1.807, 2.05) is 18.2 Å². The van der Waals surface area contributed by atoms with Crippen LogP contribution in [0, 0.1) is 17.8 Å². The molecule has 6 bridgehead atoms. The number of dihydropyridines is 1. The Hall–Kier alpha value is -4.52. The largest absolute Gasteiger partial charge is 0.504 e. The highest BCUT2D eigenvalue weighted by molar-refractivity contribution is 5.88. The van der Waals surface area contributed by atoms with Crippen LogP contribution >= 0.6 is 0 Å². The molecule has 5 aliphatic rings. The van der Waals surface area contributed by atoms with Crippen molar-refractivity contribution in [2.24, 2.45) is 11.7 Å². The van der Waals surface area contributed by atoms with Crippen LogP contribution in [0.2, 0.25) is 0 Å². The number of nitrogens with one attached hydrogen (secondary N) is 1. The topological polar surface area (TPSA) is 111 Å². The molecule has 5 atom stereocenters. The number of benzene rings is 3. The molecule has 57 heavy (non-hydrogen) atoms. The fraction of sp³-hybridized carbons (Fsp3) is 0.469. The second-order valence-electron chi connectivity index (χ2n) is 17.4. The smallest absolute Gasteiger partial charge is 0.161 e. The number of phenolic OH excluding ortho intramolecular Hbond substituents is 1. The second-order valence-corrected chi connectivity index (χ2v) is 17.4. The van der Waals surface area contributed by atoms with Crippen LogP contribution in [0.1, 0.15) is 106 Å². The Kier molecular flexibility index (Phi) is 10.7. The number of aryl methyl sites for hydroxylation is 1. The molecule has 1 aromatic heterocycles. The van der Waals surface area contributed by atoms with Gasteiger partial charge >= 0.3 is 0 Å². The fourth-order valence-corrected chi connectivity index (χ4v) is 10.2. The highest BCUT2D eigenvalue weighted by Crippen LogP contribution is 2.52. The zero-order valence-corrected chi connectivity index (χ0v) is 33.3. The first kappa shape index (κ1) is 38.0. The van der Waals surface area contributed by atoms with Crippen molar-refractivity contribution in [2.75, 3.05) is 13.2 Å². The average molecular weight is 768 g/mol. The Balaban J connectivity index is 1.23. The molecule has 1 saturated heterocycles. The van der Waals surface area contributed by atoms with Crippen LogP contribution in [0.5, 0.6) is 11.5 Å². The van der Waals surface area contributed by atoms with E-state index < -0.39 is 12.3 Å². The number of hydrogen-bond donors (Lipinski definition) is 4. The summed E-state index contributed by atoms with van der Waals surface area (Å²) < 4.78 is 22.3. The third-order valence-corrected chi connectivity index (χ3v) is 13.4. The number of nitrogens with zero attached hydrogens (tertiary/aromatic N) is 1. The Labute approximate surface area is 337 Å². The first-order valence-corrected chi connectivity index (χ1v) is 21.3. The monoisotopic (exact) mass is 767 g/mol. The van der Waals surface area contributed by atoms with Gasteiger partial charge in [-0.25, -0.2) is 0 Å². The number of aromatic hydroxyl groups is 1. The number of hydrogen-bond acceptors (Lipinski definition) is 7. The van der Waals surface area contributed by atoms with Crippen LogP contribution in [-0.4, -0.2) is 52.0 Å². The van der Waals surface area contributed by atoms with Gasteiger partial charge in [-0.05, 0) is 111 Å². The SMILES string of the molecule is CC1C#CC2=CC(N)NC3=C2COC(CCC1)CC(O)CCc1ccc(O)c(c1)OCc1cc(C2(c4ccccc4)CCOC4(CCCCC4)C2)cc2cn3cc12. The van der Waals surface area contributed by atoms with E-state index in [2.05, 4.69) is 83.5 Å². The molecule has 1 aliphatic carbocycles. The van der Waals surface area contributed by atoms with Crippen molar-refractivity contribution in [3.63, 3.8) is 0 Å². The molecule has 0 radical (unpaired) electrons. The highest BCUT2D eigenvalue weighted by Gasteiger charge is 2.48. The summed E-state index contributed by atoms with van der Waals surface area (Å²) in [6.07, 6.45) is 17.5. The van der Waals surface area contributed by atoms with Gasteiger partial charge in [-0.2, -0.15) is 0 Å². The first-order valence-electron chi connectivity index (χ1n) is 21.3. The molecule has 4 aromatic rings. The van der Waals surface area contributed by atoms with E-state index in [0.29, 0.717) is 38.2 Å². The standard InChI is InChI=1S/C49H57N3O5/c1-33-9-8-12-41-27-40(53)17-14-34-15-18-44(54)45(23-34)56-30-37-25-39(49(38-10-4-2-5-11-38)21-22-57-48(32-49)19-6-3-7-20-48)24-36-28-52(29-42(36)37)47-43(31-55-41)35(16-13-33)26-46(50)51-47/h2,4-5,10-11,15,18,23-26,28-29,33,40-41,46,51,53-54H,3,6-9,12,14,17,19-22,27,30-32,50H2,1H3. The summed E-state index contributed by atoms with van der Waals surface area (Å²) in [4.78, 5) is 0. The van der Waals surface area contributed by atoms with Gasteiger partial charge in [0.25, 0.3) is 0 Å². The molecule has 0 amide bonds. The molecule has 9 rings (SSSR count). The normalized spacial score (nSPS) is 27.9. The van der Waals surface area contributed by atoms with Crippen molar-refractivity contribution >= 4 is 16.6 Å². The molecule has 298 valence electrons. The third-order valence-electron chi connectivity index (χ3n) is 13.4. The maximum atomic E-state index is 11.3. The summed E-state index contributed by atoms with van der Waals surface area (Å²) in [7, 11) is 0. The quantitative estimate of drug-likeness (QED) is 0.151. The van der Waals surface area contributed by atoms with Gasteiger partial charge in [0, 0.05) is 52.3 Å². The average Bonchev–Trinajstić information content (AvgIpc) is 3.65. The summed E-state index contributed by atoms with van der Waals surface area (Å²) in [5, 5.41) is 28.1. The molecular weight excluding hydrogens is 711 g/mol. The van der Waals surface area contributed by atoms with E-state index in [-0.39, 0.29) is 35.4 Å². The lowest BCUT2D eigenvalue weighted by Gasteiger charge is -2.50. The number of ether oxygens (including phenoxy) is 3. The summed E-state index contributed by atoms with van der Waals surface area (Å²) in [6, 6.07) is 21.3. The molecule has 2 fully saturated rings. The minimum Gasteiger partial charge on any atom is -0.504 e. The van der Waals surface area contributed by atoms with E-state index in [1.165, 1.54) is 30.4 Å². The molecular formula is C49H57N3O5. The van der Waals surface area contributed by atoms with E-state index >= 15 is 0 Å². The lowest BCUT2D eigenvalue weighted by molar-refractivity contribution is -0.119. The van der Waals surface area contributed by atoms with Gasteiger partial charge < -0.3 is 40.0 Å².